The van der Waals surface area contributed by atoms with Crippen molar-refractivity contribution >= 4 is 29.9 Å². The molecule has 1 aliphatic rings. The Morgan fingerprint density at radius 1 is 1.15 bits per heavy atom. The van der Waals surface area contributed by atoms with E-state index in [0.717, 1.165) is 71.4 Å². The Morgan fingerprint density at radius 3 is 2.54 bits per heavy atom. The predicted octanol–water partition coefficient (Wildman–Crippen LogP) is 1.62. The van der Waals surface area contributed by atoms with Gasteiger partial charge in [-0.25, -0.2) is 0 Å². The van der Waals surface area contributed by atoms with Crippen LogP contribution in [0.15, 0.2) is 35.3 Å². The zero-order chi connectivity index (χ0) is 17.7. The molecule has 1 fully saturated rings. The number of nitrogens with zero attached hydrogens (tertiary/aromatic N) is 3. The van der Waals surface area contributed by atoms with E-state index >= 15 is 0 Å². The number of nitrogens with one attached hydrogen (secondary N) is 2. The molecule has 1 aromatic rings. The van der Waals surface area contributed by atoms with Gasteiger partial charge in [-0.3, -0.25) is 9.89 Å². The Bertz CT molecular complexity index is 494. The Hall–Kier alpha value is -0.900. The van der Waals surface area contributed by atoms with Crippen LogP contribution in [0.1, 0.15) is 12.0 Å². The molecule has 2 rings (SSSR count). The van der Waals surface area contributed by atoms with E-state index in [9.17, 15) is 0 Å². The number of benzene rings is 1. The van der Waals surface area contributed by atoms with Crippen LogP contribution >= 0.6 is 24.0 Å². The molecule has 0 spiro atoms. The van der Waals surface area contributed by atoms with Crippen molar-refractivity contribution in [1.29, 1.82) is 0 Å². The van der Waals surface area contributed by atoms with E-state index in [-0.39, 0.29) is 24.0 Å². The van der Waals surface area contributed by atoms with Crippen LogP contribution in [-0.4, -0.2) is 82.3 Å². The number of rotatable bonds is 9. The number of hydrogen-bond acceptors (Lipinski definition) is 4. The van der Waals surface area contributed by atoms with Crippen LogP contribution in [0.4, 0.5) is 0 Å². The molecule has 0 bridgehead atoms. The Labute approximate surface area is 175 Å². The standard InChI is InChI=1S/C19H33N5O.HI/c1-20-19(22-10-12-24-13-15-25-16-14-24)21-9-6-11-23(2)17-18-7-4-3-5-8-18;/h3-5,7-8H,6,9-17H2,1-2H3,(H2,20,21,22);1H. The van der Waals surface area contributed by atoms with Gasteiger partial charge in [-0.15, -0.1) is 24.0 Å². The van der Waals surface area contributed by atoms with Crippen molar-refractivity contribution in [3.05, 3.63) is 35.9 Å². The van der Waals surface area contributed by atoms with Gasteiger partial charge in [0.15, 0.2) is 5.96 Å². The van der Waals surface area contributed by atoms with E-state index in [1.807, 2.05) is 7.05 Å². The molecule has 1 aromatic carbocycles. The van der Waals surface area contributed by atoms with Gasteiger partial charge in [-0.1, -0.05) is 30.3 Å². The van der Waals surface area contributed by atoms with Crippen LogP contribution in [0.25, 0.3) is 0 Å². The van der Waals surface area contributed by atoms with Crippen LogP contribution in [0.5, 0.6) is 0 Å². The third-order valence-electron chi connectivity index (χ3n) is 4.35. The van der Waals surface area contributed by atoms with Crippen molar-refractivity contribution in [2.45, 2.75) is 13.0 Å². The minimum atomic E-state index is 0. The van der Waals surface area contributed by atoms with Gasteiger partial charge in [0.2, 0.25) is 0 Å². The molecule has 0 atom stereocenters. The van der Waals surface area contributed by atoms with Crippen LogP contribution in [-0.2, 0) is 11.3 Å². The molecular formula is C19H34IN5O. The van der Waals surface area contributed by atoms with E-state index in [4.69, 9.17) is 4.74 Å². The summed E-state index contributed by atoms with van der Waals surface area (Å²) in [6.45, 7) is 8.68. The molecule has 0 amide bonds. The first-order valence-corrected chi connectivity index (χ1v) is 9.25. The zero-order valence-electron chi connectivity index (χ0n) is 16.1. The van der Waals surface area contributed by atoms with Gasteiger partial charge in [0.05, 0.1) is 13.2 Å². The van der Waals surface area contributed by atoms with Crippen molar-refractivity contribution in [3.63, 3.8) is 0 Å². The smallest absolute Gasteiger partial charge is 0.191 e. The second-order valence-electron chi connectivity index (χ2n) is 6.46. The summed E-state index contributed by atoms with van der Waals surface area (Å²) in [5, 5.41) is 6.78. The molecular weight excluding hydrogens is 441 g/mol. The summed E-state index contributed by atoms with van der Waals surface area (Å²) in [6.07, 6.45) is 1.09. The molecule has 2 N–H and O–H groups in total. The molecule has 1 saturated heterocycles. The van der Waals surface area contributed by atoms with E-state index < -0.39 is 0 Å². The van der Waals surface area contributed by atoms with Crippen molar-refractivity contribution in [2.24, 2.45) is 4.99 Å². The largest absolute Gasteiger partial charge is 0.379 e. The molecule has 0 saturated carbocycles. The van der Waals surface area contributed by atoms with E-state index in [1.165, 1.54) is 5.56 Å². The fraction of sp³-hybridized carbons (Fsp3) is 0.632. The van der Waals surface area contributed by atoms with Gasteiger partial charge < -0.3 is 20.3 Å². The molecule has 0 aliphatic carbocycles. The van der Waals surface area contributed by atoms with Gasteiger partial charge in [-0.05, 0) is 25.6 Å². The average molecular weight is 475 g/mol. The van der Waals surface area contributed by atoms with Crippen molar-refractivity contribution in [3.8, 4) is 0 Å². The summed E-state index contributed by atoms with van der Waals surface area (Å²) in [6, 6.07) is 10.6. The molecule has 7 heteroatoms. The van der Waals surface area contributed by atoms with Gasteiger partial charge in [0, 0.05) is 46.3 Å². The lowest BCUT2D eigenvalue weighted by atomic mass is 10.2. The summed E-state index contributed by atoms with van der Waals surface area (Å²) in [7, 11) is 3.99. The number of halogens is 1. The minimum absolute atomic E-state index is 0. The van der Waals surface area contributed by atoms with E-state index in [2.05, 4.69) is 62.8 Å². The molecule has 1 heterocycles. The lowest BCUT2D eigenvalue weighted by Gasteiger charge is -2.26. The van der Waals surface area contributed by atoms with Gasteiger partial charge in [0.1, 0.15) is 0 Å². The van der Waals surface area contributed by atoms with E-state index in [1.54, 1.807) is 0 Å². The molecule has 26 heavy (non-hydrogen) atoms. The van der Waals surface area contributed by atoms with Crippen molar-refractivity contribution < 1.29 is 4.74 Å². The third-order valence-corrected chi connectivity index (χ3v) is 4.35. The fourth-order valence-corrected chi connectivity index (χ4v) is 2.91. The highest BCUT2D eigenvalue weighted by Gasteiger charge is 2.09. The maximum Gasteiger partial charge on any atom is 0.191 e. The highest BCUT2D eigenvalue weighted by atomic mass is 127. The quantitative estimate of drug-likeness (QED) is 0.246. The van der Waals surface area contributed by atoms with Gasteiger partial charge in [-0.2, -0.15) is 0 Å². The minimum Gasteiger partial charge on any atom is -0.379 e. The maximum absolute atomic E-state index is 5.37. The number of guanidine groups is 1. The second-order valence-corrected chi connectivity index (χ2v) is 6.46. The van der Waals surface area contributed by atoms with Gasteiger partial charge in [0.25, 0.3) is 0 Å². The fourth-order valence-electron chi connectivity index (χ4n) is 2.91. The molecule has 6 nitrogen and oxygen atoms in total. The molecule has 0 aromatic heterocycles. The Kier molecular flexibility index (Phi) is 12.6. The lowest BCUT2D eigenvalue weighted by Crippen LogP contribution is -2.44. The molecule has 1 aliphatic heterocycles. The average Bonchev–Trinajstić information content (AvgIpc) is 2.65. The van der Waals surface area contributed by atoms with Crippen molar-refractivity contribution in [2.75, 3.05) is 66.6 Å². The van der Waals surface area contributed by atoms with Crippen LogP contribution in [0.3, 0.4) is 0 Å². The first-order valence-electron chi connectivity index (χ1n) is 9.25. The molecule has 148 valence electrons. The summed E-state index contributed by atoms with van der Waals surface area (Å²) in [5.41, 5.74) is 1.36. The highest BCUT2D eigenvalue weighted by molar-refractivity contribution is 14.0. The summed E-state index contributed by atoms with van der Waals surface area (Å²) >= 11 is 0. The first-order chi connectivity index (χ1) is 12.3. The second kappa shape index (κ2) is 14.2. The Balaban J connectivity index is 0.00000338. The molecule has 0 radical (unpaired) electrons. The maximum atomic E-state index is 5.37. The summed E-state index contributed by atoms with van der Waals surface area (Å²) < 4.78 is 5.37. The number of aliphatic imine (C=N–C) groups is 1. The third kappa shape index (κ3) is 9.70. The lowest BCUT2D eigenvalue weighted by molar-refractivity contribution is 0.0389. The SMILES string of the molecule is CN=C(NCCCN(C)Cc1ccccc1)NCCN1CCOCC1.I. The first kappa shape index (κ1) is 23.1. The molecule has 0 unspecified atom stereocenters. The predicted molar refractivity (Wildman–Crippen MR) is 119 cm³/mol. The van der Waals surface area contributed by atoms with Crippen LogP contribution in [0, 0.1) is 0 Å². The monoisotopic (exact) mass is 475 g/mol. The normalized spacial score (nSPS) is 15.6. The summed E-state index contributed by atoms with van der Waals surface area (Å²) in [5.74, 6) is 0.888. The van der Waals surface area contributed by atoms with Gasteiger partial charge >= 0.3 is 0 Å². The number of morpholine rings is 1. The highest BCUT2D eigenvalue weighted by Crippen LogP contribution is 2.02. The van der Waals surface area contributed by atoms with Crippen LogP contribution < -0.4 is 10.6 Å². The van der Waals surface area contributed by atoms with Crippen molar-refractivity contribution in [1.82, 2.24) is 20.4 Å². The Morgan fingerprint density at radius 2 is 1.85 bits per heavy atom. The summed E-state index contributed by atoms with van der Waals surface area (Å²) in [4.78, 5) is 9.06. The number of hydrogen-bond donors (Lipinski definition) is 2. The number of ether oxygens (including phenoxy) is 1. The van der Waals surface area contributed by atoms with Crippen LogP contribution in [0.2, 0.25) is 0 Å². The zero-order valence-corrected chi connectivity index (χ0v) is 18.4. The van der Waals surface area contributed by atoms with E-state index in [0.29, 0.717) is 0 Å². The topological polar surface area (TPSA) is 52.1 Å².